The minimum absolute atomic E-state index is 0.379. The predicted octanol–water partition coefficient (Wildman–Crippen LogP) is 12.6. The van der Waals surface area contributed by atoms with Gasteiger partial charge in [0, 0.05) is 17.7 Å². The fourth-order valence-electron chi connectivity index (χ4n) is 8.63. The lowest BCUT2D eigenvalue weighted by molar-refractivity contribution is 0.795. The number of pyridine rings is 1. The third kappa shape index (κ3) is 3.69. The highest BCUT2D eigenvalue weighted by molar-refractivity contribution is 6.28. The van der Waals surface area contributed by atoms with Crippen molar-refractivity contribution in [3.05, 3.63) is 163 Å². The average Bonchev–Trinajstić information content (AvgIpc) is 3.64. The molecule has 0 saturated heterocycles. The van der Waals surface area contributed by atoms with E-state index in [0.717, 1.165) is 12.1 Å². The van der Waals surface area contributed by atoms with Gasteiger partial charge in [-0.15, -0.1) is 0 Å². The van der Waals surface area contributed by atoms with E-state index in [1.165, 1.54) is 93.9 Å². The highest BCUT2D eigenvalue weighted by Gasteiger charge is 2.32. The summed E-state index contributed by atoms with van der Waals surface area (Å²) in [6.45, 7) is 2.29. The second kappa shape index (κ2) is 10.1. The van der Waals surface area contributed by atoms with Crippen molar-refractivity contribution in [2.24, 2.45) is 0 Å². The maximum absolute atomic E-state index is 4.80. The van der Waals surface area contributed by atoms with Gasteiger partial charge < -0.3 is 0 Å². The summed E-state index contributed by atoms with van der Waals surface area (Å²) in [5.74, 6) is 0.379. The van der Waals surface area contributed by atoms with E-state index in [0.29, 0.717) is 5.92 Å². The Labute approximate surface area is 274 Å². The summed E-state index contributed by atoms with van der Waals surface area (Å²) in [6, 6.07) is 54.0. The first kappa shape index (κ1) is 26.4. The van der Waals surface area contributed by atoms with Gasteiger partial charge in [-0.3, -0.25) is 4.98 Å². The van der Waals surface area contributed by atoms with Crippen LogP contribution in [0, 0.1) is 0 Å². The van der Waals surface area contributed by atoms with Crippen LogP contribution >= 0.6 is 0 Å². The fourth-order valence-corrected chi connectivity index (χ4v) is 8.63. The molecule has 1 nitrogen and oxygen atoms in total. The number of aromatic nitrogens is 1. The van der Waals surface area contributed by atoms with Crippen LogP contribution < -0.4 is 0 Å². The molecule has 47 heavy (non-hydrogen) atoms. The molecule has 1 heteroatoms. The molecular weight excluding hydrogens is 567 g/mol. The molecule has 0 bridgehead atoms. The van der Waals surface area contributed by atoms with Gasteiger partial charge in [0.2, 0.25) is 0 Å². The minimum Gasteiger partial charge on any atom is -0.256 e. The summed E-state index contributed by atoms with van der Waals surface area (Å²) >= 11 is 0. The molecule has 0 N–H and O–H groups in total. The summed E-state index contributed by atoms with van der Waals surface area (Å²) < 4.78 is 0. The van der Waals surface area contributed by atoms with Crippen molar-refractivity contribution in [1.82, 2.24) is 4.98 Å². The number of hydrogen-bond acceptors (Lipinski definition) is 1. The summed E-state index contributed by atoms with van der Waals surface area (Å²) in [7, 11) is 0. The number of benzene rings is 7. The molecule has 2 aliphatic rings. The number of rotatable bonds is 4. The van der Waals surface area contributed by atoms with E-state index in [1.807, 2.05) is 6.20 Å². The smallest absolute Gasteiger partial charge is 0.0743 e. The average molecular weight is 598 g/mol. The Hall–Kier alpha value is -5.79. The maximum atomic E-state index is 4.80. The Morgan fingerprint density at radius 1 is 0.447 bits per heavy atom. The minimum atomic E-state index is 0.379. The topological polar surface area (TPSA) is 12.9 Å². The molecule has 0 saturated carbocycles. The molecule has 8 aromatic rings. The van der Waals surface area contributed by atoms with Gasteiger partial charge in [-0.1, -0.05) is 140 Å². The lowest BCUT2D eigenvalue weighted by Crippen LogP contribution is -1.95. The summed E-state index contributed by atoms with van der Waals surface area (Å²) in [6.07, 6.45) is 2.98. The van der Waals surface area contributed by atoms with Crippen LogP contribution in [-0.2, 0) is 0 Å². The second-order valence-electron chi connectivity index (χ2n) is 12.9. The van der Waals surface area contributed by atoms with Gasteiger partial charge in [0.25, 0.3) is 0 Å². The van der Waals surface area contributed by atoms with Gasteiger partial charge in [0.05, 0.1) is 5.69 Å². The van der Waals surface area contributed by atoms with E-state index < -0.39 is 0 Å². The summed E-state index contributed by atoms with van der Waals surface area (Å²) in [4.78, 5) is 4.80. The van der Waals surface area contributed by atoms with Gasteiger partial charge >= 0.3 is 0 Å². The zero-order chi connectivity index (χ0) is 31.1. The Bertz CT molecular complexity index is 2450. The SMILES string of the molecule is CCC1c2cc(-c3ccc4c5c(cccc35)-c3c-4c(-c4ccccc4)c4ccccc4c3-c3ccccc3)ccc2-c2ncccc21. The van der Waals surface area contributed by atoms with E-state index in [9.17, 15) is 0 Å². The van der Waals surface area contributed by atoms with E-state index in [-0.39, 0.29) is 0 Å². The van der Waals surface area contributed by atoms with E-state index in [1.54, 1.807) is 0 Å². The van der Waals surface area contributed by atoms with Crippen molar-refractivity contribution in [2.45, 2.75) is 19.3 Å². The standard InChI is InChI=1S/C46H31N/c1-2-31-36-21-12-26-47-46(36)37-23-22-30(27-40(31)37)32-24-25-39-43-33(32)19-11-20-38(43)44-41(28-13-5-3-6-14-28)34-17-9-10-18-35(34)42(45(39)44)29-15-7-4-8-16-29/h3-27,31H,2H2,1H3. The lowest BCUT2D eigenvalue weighted by Gasteiger charge is -2.20. The van der Waals surface area contributed by atoms with Crippen LogP contribution in [-0.4, -0.2) is 4.98 Å². The third-order valence-corrected chi connectivity index (χ3v) is 10.5. The first-order chi connectivity index (χ1) is 23.3. The van der Waals surface area contributed by atoms with Crippen LogP contribution in [0.15, 0.2) is 152 Å². The zero-order valence-corrected chi connectivity index (χ0v) is 26.2. The van der Waals surface area contributed by atoms with Crippen LogP contribution in [0.3, 0.4) is 0 Å². The van der Waals surface area contributed by atoms with E-state index >= 15 is 0 Å². The van der Waals surface area contributed by atoms with Gasteiger partial charge in [0.15, 0.2) is 0 Å². The molecule has 1 unspecified atom stereocenters. The first-order valence-corrected chi connectivity index (χ1v) is 16.7. The Kier molecular flexibility index (Phi) is 5.68. The number of nitrogens with zero attached hydrogens (tertiary/aromatic N) is 1. The highest BCUT2D eigenvalue weighted by Crippen LogP contribution is 2.58. The highest BCUT2D eigenvalue weighted by atomic mass is 14.7. The molecule has 0 amide bonds. The predicted molar refractivity (Wildman–Crippen MR) is 198 cm³/mol. The van der Waals surface area contributed by atoms with Gasteiger partial charge in [-0.2, -0.15) is 0 Å². The van der Waals surface area contributed by atoms with Crippen LogP contribution in [0.5, 0.6) is 0 Å². The molecule has 0 aliphatic heterocycles. The second-order valence-corrected chi connectivity index (χ2v) is 12.9. The van der Waals surface area contributed by atoms with Crippen molar-refractivity contribution >= 4 is 21.5 Å². The lowest BCUT2D eigenvalue weighted by atomic mass is 9.82. The molecular formula is C46H31N. The molecule has 0 fully saturated rings. The first-order valence-electron chi connectivity index (χ1n) is 16.7. The molecule has 1 heterocycles. The largest absolute Gasteiger partial charge is 0.256 e. The maximum Gasteiger partial charge on any atom is 0.0743 e. The molecule has 0 spiro atoms. The third-order valence-electron chi connectivity index (χ3n) is 10.5. The van der Waals surface area contributed by atoms with E-state index in [2.05, 4.69) is 153 Å². The molecule has 1 aromatic heterocycles. The number of hydrogen-bond donors (Lipinski definition) is 0. The van der Waals surface area contributed by atoms with Crippen molar-refractivity contribution in [3.63, 3.8) is 0 Å². The molecule has 0 radical (unpaired) electrons. The van der Waals surface area contributed by atoms with Crippen molar-refractivity contribution in [2.75, 3.05) is 0 Å². The number of fused-ring (bicyclic) bond motifs is 7. The van der Waals surface area contributed by atoms with Gasteiger partial charge in [-0.05, 0) is 107 Å². The normalized spacial score (nSPS) is 13.9. The Morgan fingerprint density at radius 3 is 1.72 bits per heavy atom. The molecule has 10 rings (SSSR count). The van der Waals surface area contributed by atoms with Crippen molar-refractivity contribution in [3.8, 4) is 66.9 Å². The molecule has 1 atom stereocenters. The quantitative estimate of drug-likeness (QED) is 0.197. The molecule has 2 aliphatic carbocycles. The van der Waals surface area contributed by atoms with E-state index in [4.69, 9.17) is 4.98 Å². The molecule has 220 valence electrons. The Morgan fingerprint density at radius 2 is 1.04 bits per heavy atom. The summed E-state index contributed by atoms with van der Waals surface area (Å²) in [5, 5.41) is 5.24. The van der Waals surface area contributed by atoms with Crippen LogP contribution in [0.4, 0.5) is 0 Å². The monoisotopic (exact) mass is 597 g/mol. The summed E-state index contributed by atoms with van der Waals surface area (Å²) in [5.41, 5.74) is 18.2. The van der Waals surface area contributed by atoms with Crippen LogP contribution in [0.25, 0.3) is 88.4 Å². The van der Waals surface area contributed by atoms with Crippen molar-refractivity contribution < 1.29 is 0 Å². The van der Waals surface area contributed by atoms with Crippen LogP contribution in [0.1, 0.15) is 30.4 Å². The fraction of sp³-hybridized carbons (Fsp3) is 0.0652. The van der Waals surface area contributed by atoms with Gasteiger partial charge in [0.1, 0.15) is 0 Å². The molecule has 7 aromatic carbocycles. The Balaban J connectivity index is 1.28. The van der Waals surface area contributed by atoms with Gasteiger partial charge in [-0.25, -0.2) is 0 Å². The van der Waals surface area contributed by atoms with Crippen LogP contribution in [0.2, 0.25) is 0 Å². The van der Waals surface area contributed by atoms with Crippen molar-refractivity contribution in [1.29, 1.82) is 0 Å². The zero-order valence-electron chi connectivity index (χ0n) is 26.2.